The molecule has 0 aliphatic heterocycles. The van der Waals surface area contributed by atoms with Crippen LogP contribution < -0.4 is 10.1 Å². The van der Waals surface area contributed by atoms with E-state index in [1.54, 1.807) is 0 Å². The third kappa shape index (κ3) is 4.26. The molecule has 7 nitrogen and oxygen atoms in total. The maximum absolute atomic E-state index is 12.2. The molecule has 0 fully saturated rings. The van der Waals surface area contributed by atoms with Gasteiger partial charge in [-0.1, -0.05) is 30.3 Å². The lowest BCUT2D eigenvalue weighted by Crippen LogP contribution is -2.37. The Balaban J connectivity index is 2.02. The molecule has 23 heavy (non-hydrogen) atoms. The summed E-state index contributed by atoms with van der Waals surface area (Å²) in [6.07, 6.45) is 0.414. The van der Waals surface area contributed by atoms with Crippen LogP contribution in [0.4, 0.5) is 5.82 Å². The van der Waals surface area contributed by atoms with E-state index in [1.165, 1.54) is 25.3 Å². The summed E-state index contributed by atoms with van der Waals surface area (Å²) in [5.41, 5.74) is 0.959. The van der Waals surface area contributed by atoms with Gasteiger partial charge in [0.1, 0.15) is 6.20 Å². The van der Waals surface area contributed by atoms with Crippen LogP contribution in [0.2, 0.25) is 0 Å². The number of hydrogen-bond acceptors (Lipinski definition) is 5. The predicted molar refractivity (Wildman–Crippen MR) is 84.0 cm³/mol. The summed E-state index contributed by atoms with van der Waals surface area (Å²) in [5.74, 6) is -0.810. The van der Waals surface area contributed by atoms with Crippen LogP contribution in [0.15, 0.2) is 48.7 Å². The fourth-order valence-corrected chi connectivity index (χ4v) is 2.01. The molecular formula is C16H17N3O4. The van der Waals surface area contributed by atoms with Crippen molar-refractivity contribution in [2.75, 3.05) is 0 Å². The quantitative estimate of drug-likeness (QED) is 0.653. The van der Waals surface area contributed by atoms with E-state index in [-0.39, 0.29) is 17.7 Å². The molecule has 1 N–H and O–H groups in total. The Morgan fingerprint density at radius 3 is 2.57 bits per heavy atom. The van der Waals surface area contributed by atoms with Gasteiger partial charge in [-0.3, -0.25) is 4.79 Å². The number of amides is 1. The number of aromatic nitrogens is 1. The Morgan fingerprint density at radius 2 is 1.91 bits per heavy atom. The highest BCUT2D eigenvalue weighted by Crippen LogP contribution is 2.24. The minimum Gasteiger partial charge on any atom is -0.473 e. The molecule has 0 unspecified atom stereocenters. The minimum atomic E-state index is -0.885. The fourth-order valence-electron chi connectivity index (χ4n) is 2.01. The Labute approximate surface area is 133 Å². The van der Waals surface area contributed by atoms with Gasteiger partial charge in [-0.15, -0.1) is 0 Å². The number of hydrogen-bond donors (Lipinski definition) is 1. The minimum absolute atomic E-state index is 0.0347. The second kappa shape index (κ2) is 7.35. The topological polar surface area (TPSA) is 94.4 Å². The van der Waals surface area contributed by atoms with Crippen LogP contribution in [-0.4, -0.2) is 21.9 Å². The number of carbonyl (C=O) groups excluding carboxylic acids is 1. The fraction of sp³-hybridized carbons (Fsp3) is 0.250. The zero-order chi connectivity index (χ0) is 16.8. The summed E-state index contributed by atoms with van der Waals surface area (Å²) in [6, 6.07) is 12.2. The molecule has 0 aliphatic rings. The van der Waals surface area contributed by atoms with Crippen LogP contribution in [0, 0.1) is 10.1 Å². The first-order chi connectivity index (χ1) is 11.0. The van der Waals surface area contributed by atoms with Gasteiger partial charge in [0.15, 0.2) is 6.10 Å². The van der Waals surface area contributed by atoms with Gasteiger partial charge in [0, 0.05) is 0 Å². The summed E-state index contributed by atoms with van der Waals surface area (Å²) >= 11 is 0. The van der Waals surface area contributed by atoms with Crippen LogP contribution >= 0.6 is 0 Å². The standard InChI is InChI=1S/C16H17N3O4/c1-11(13-7-4-3-5-8-13)18-16(20)12(2)23-14-9-6-10-17-15(14)19(21)22/h3-12H,1-2H3,(H,18,20)/t11-,12-/m1/s1. The molecule has 1 heterocycles. The number of nitro groups is 1. The molecule has 120 valence electrons. The van der Waals surface area contributed by atoms with Crippen molar-refractivity contribution in [1.82, 2.24) is 10.3 Å². The molecule has 0 saturated heterocycles. The molecule has 0 radical (unpaired) electrons. The van der Waals surface area contributed by atoms with Crippen LogP contribution in [-0.2, 0) is 4.79 Å². The summed E-state index contributed by atoms with van der Waals surface area (Å²) in [5, 5.41) is 13.7. The van der Waals surface area contributed by atoms with E-state index in [4.69, 9.17) is 4.74 Å². The molecule has 1 aromatic carbocycles. The number of carbonyl (C=O) groups is 1. The molecule has 1 aromatic heterocycles. The Morgan fingerprint density at radius 1 is 1.22 bits per heavy atom. The van der Waals surface area contributed by atoms with E-state index in [1.807, 2.05) is 37.3 Å². The number of rotatable bonds is 6. The highest BCUT2D eigenvalue weighted by Gasteiger charge is 2.22. The summed E-state index contributed by atoms with van der Waals surface area (Å²) < 4.78 is 5.39. The van der Waals surface area contributed by atoms with E-state index in [0.717, 1.165) is 5.56 Å². The predicted octanol–water partition coefficient (Wildman–Crippen LogP) is 2.63. The van der Waals surface area contributed by atoms with E-state index in [9.17, 15) is 14.9 Å². The zero-order valence-corrected chi connectivity index (χ0v) is 12.8. The number of nitrogens with one attached hydrogen (secondary N) is 1. The van der Waals surface area contributed by atoms with Crippen molar-refractivity contribution in [3.63, 3.8) is 0 Å². The second-order valence-electron chi connectivity index (χ2n) is 4.98. The SMILES string of the molecule is C[C@@H](Oc1cccnc1[N+](=O)[O-])C(=O)N[C@H](C)c1ccccc1. The van der Waals surface area contributed by atoms with E-state index in [0.29, 0.717) is 0 Å². The molecule has 2 rings (SSSR count). The summed E-state index contributed by atoms with van der Waals surface area (Å²) in [7, 11) is 0. The first kappa shape index (κ1) is 16.4. The monoisotopic (exact) mass is 315 g/mol. The lowest BCUT2D eigenvalue weighted by atomic mass is 10.1. The Kier molecular flexibility index (Phi) is 5.24. The lowest BCUT2D eigenvalue weighted by molar-refractivity contribution is -0.390. The molecule has 0 aliphatic carbocycles. The molecule has 0 spiro atoms. The van der Waals surface area contributed by atoms with Gasteiger partial charge in [0.25, 0.3) is 5.91 Å². The Hall–Kier alpha value is -2.96. The van der Waals surface area contributed by atoms with Gasteiger partial charge in [0.2, 0.25) is 5.75 Å². The van der Waals surface area contributed by atoms with Crippen molar-refractivity contribution in [3.05, 3.63) is 64.3 Å². The number of nitrogens with zero attached hydrogens (tertiary/aromatic N) is 2. The molecule has 7 heteroatoms. The number of benzene rings is 1. The molecule has 0 saturated carbocycles. The third-order valence-corrected chi connectivity index (χ3v) is 3.26. The van der Waals surface area contributed by atoms with Crippen molar-refractivity contribution in [1.29, 1.82) is 0 Å². The molecule has 0 bridgehead atoms. The van der Waals surface area contributed by atoms with Crippen LogP contribution in [0.25, 0.3) is 0 Å². The van der Waals surface area contributed by atoms with Crippen LogP contribution in [0.3, 0.4) is 0 Å². The van der Waals surface area contributed by atoms with E-state index >= 15 is 0 Å². The van der Waals surface area contributed by atoms with Crippen LogP contribution in [0.1, 0.15) is 25.5 Å². The zero-order valence-electron chi connectivity index (χ0n) is 12.8. The number of pyridine rings is 1. The summed E-state index contributed by atoms with van der Waals surface area (Å²) in [4.78, 5) is 26.1. The van der Waals surface area contributed by atoms with Crippen molar-refractivity contribution in [3.8, 4) is 5.75 Å². The first-order valence-electron chi connectivity index (χ1n) is 7.10. The van der Waals surface area contributed by atoms with Crippen molar-refractivity contribution in [2.24, 2.45) is 0 Å². The van der Waals surface area contributed by atoms with Crippen molar-refractivity contribution < 1.29 is 14.5 Å². The molecule has 1 amide bonds. The van der Waals surface area contributed by atoms with Crippen molar-refractivity contribution >= 4 is 11.7 Å². The largest absolute Gasteiger partial charge is 0.473 e. The van der Waals surface area contributed by atoms with Gasteiger partial charge >= 0.3 is 5.82 Å². The normalized spacial score (nSPS) is 13.0. The van der Waals surface area contributed by atoms with Gasteiger partial charge < -0.3 is 20.2 Å². The van der Waals surface area contributed by atoms with E-state index in [2.05, 4.69) is 10.3 Å². The maximum atomic E-state index is 12.2. The van der Waals surface area contributed by atoms with Gasteiger partial charge in [0.05, 0.1) is 6.04 Å². The third-order valence-electron chi connectivity index (χ3n) is 3.26. The molecular weight excluding hydrogens is 298 g/mol. The first-order valence-corrected chi connectivity index (χ1v) is 7.10. The Bertz CT molecular complexity index is 691. The summed E-state index contributed by atoms with van der Waals surface area (Å²) in [6.45, 7) is 3.39. The lowest BCUT2D eigenvalue weighted by Gasteiger charge is -2.18. The molecule has 2 atom stereocenters. The van der Waals surface area contributed by atoms with Crippen LogP contribution in [0.5, 0.6) is 5.75 Å². The van der Waals surface area contributed by atoms with Gasteiger partial charge in [-0.05, 0) is 41.5 Å². The molecule has 2 aromatic rings. The maximum Gasteiger partial charge on any atom is 0.406 e. The van der Waals surface area contributed by atoms with Gasteiger partial charge in [-0.2, -0.15) is 0 Å². The highest BCUT2D eigenvalue weighted by molar-refractivity contribution is 5.81. The average molecular weight is 315 g/mol. The van der Waals surface area contributed by atoms with Gasteiger partial charge in [-0.25, -0.2) is 0 Å². The van der Waals surface area contributed by atoms with E-state index < -0.39 is 16.8 Å². The van der Waals surface area contributed by atoms with Crippen molar-refractivity contribution in [2.45, 2.75) is 26.0 Å². The number of ether oxygens (including phenoxy) is 1. The highest BCUT2D eigenvalue weighted by atomic mass is 16.6. The average Bonchev–Trinajstić information content (AvgIpc) is 2.55. The smallest absolute Gasteiger partial charge is 0.406 e. The second-order valence-corrected chi connectivity index (χ2v) is 4.98.